The van der Waals surface area contributed by atoms with E-state index in [9.17, 15) is 9.59 Å². The van der Waals surface area contributed by atoms with Crippen LogP contribution in [-0.4, -0.2) is 67.6 Å². The second-order valence-electron chi connectivity index (χ2n) is 9.42. The fraction of sp³-hybridized carbons (Fsp3) is 0.500. The third-order valence-corrected chi connectivity index (χ3v) is 9.40. The molecule has 0 saturated heterocycles. The Labute approximate surface area is 251 Å². The van der Waals surface area contributed by atoms with E-state index in [4.69, 9.17) is 22.8 Å². The second kappa shape index (κ2) is 20.7. The molecule has 1 amide bonds. The van der Waals surface area contributed by atoms with Crippen molar-refractivity contribution in [2.45, 2.75) is 58.9 Å². The lowest BCUT2D eigenvalue weighted by Gasteiger charge is -2.28. The molecule has 10 heteroatoms. The van der Waals surface area contributed by atoms with Crippen molar-refractivity contribution in [3.63, 3.8) is 0 Å². The number of hydrogen-bond donors (Lipinski definition) is 1. The zero-order chi connectivity index (χ0) is 30.5. The number of amides is 1. The highest BCUT2D eigenvalue weighted by atomic mass is 28.4. The number of carbonyl (C=O) groups is 2. The Balaban J connectivity index is 1.57. The van der Waals surface area contributed by atoms with Crippen molar-refractivity contribution in [3.8, 4) is 16.9 Å². The first-order chi connectivity index (χ1) is 20.4. The molecule has 0 aliphatic carbocycles. The molecule has 2 rings (SSSR count). The molecule has 0 fully saturated rings. The molecule has 1 N–H and O–H groups in total. The fourth-order valence-electron chi connectivity index (χ4n) is 4.26. The van der Waals surface area contributed by atoms with Crippen molar-refractivity contribution in [2.24, 2.45) is 0 Å². The first-order valence-electron chi connectivity index (χ1n) is 14.9. The van der Waals surface area contributed by atoms with Gasteiger partial charge in [0.2, 0.25) is 0 Å². The van der Waals surface area contributed by atoms with Crippen molar-refractivity contribution in [1.82, 2.24) is 5.32 Å². The van der Waals surface area contributed by atoms with Crippen LogP contribution in [0.1, 0.15) is 58.4 Å². The number of methoxy groups -OCH3 is 1. The maximum atomic E-state index is 12.0. The maximum Gasteiger partial charge on any atom is 0.500 e. The Kier molecular flexibility index (Phi) is 17.2. The summed E-state index contributed by atoms with van der Waals surface area (Å²) >= 11 is 0. The highest BCUT2D eigenvalue weighted by Crippen LogP contribution is 2.24. The summed E-state index contributed by atoms with van der Waals surface area (Å²) in [7, 11) is -1.32. The predicted molar refractivity (Wildman–Crippen MR) is 166 cm³/mol. The molecule has 0 spiro atoms. The maximum absolute atomic E-state index is 12.0. The van der Waals surface area contributed by atoms with Crippen LogP contribution in [0.4, 0.5) is 4.79 Å². The van der Waals surface area contributed by atoms with Crippen molar-refractivity contribution in [2.75, 3.05) is 46.7 Å². The molecule has 2 aromatic rings. The molecular weight excluding hydrogens is 554 g/mol. The third-order valence-electron chi connectivity index (χ3n) is 6.25. The minimum Gasteiger partial charge on any atom is -0.494 e. The standard InChI is InChI=1S/C32H47NO8Si/c1-5-39-42(40-6-2,41-7-3)25-13-22-33-32(35)38-24-11-9-8-10-23-37-30-19-17-28(18-20-30)29-15-12-14-27(26-29)16-21-31(34)36-4/h12,14-21,26H,5-11,13,22-25H2,1-4H3,(H,33,35). The minimum absolute atomic E-state index is 0.382. The van der Waals surface area contributed by atoms with E-state index < -0.39 is 14.9 Å². The van der Waals surface area contributed by atoms with Gasteiger partial charge in [0, 0.05) is 38.5 Å². The van der Waals surface area contributed by atoms with Gasteiger partial charge in [0.05, 0.1) is 20.3 Å². The van der Waals surface area contributed by atoms with Gasteiger partial charge < -0.3 is 32.8 Å². The summed E-state index contributed by atoms with van der Waals surface area (Å²) in [6.07, 6.45) is 7.13. The summed E-state index contributed by atoms with van der Waals surface area (Å²) in [4.78, 5) is 23.3. The van der Waals surface area contributed by atoms with Crippen molar-refractivity contribution in [3.05, 3.63) is 60.2 Å². The highest BCUT2D eigenvalue weighted by molar-refractivity contribution is 6.60. The summed E-state index contributed by atoms with van der Waals surface area (Å²) in [6.45, 7) is 8.92. The van der Waals surface area contributed by atoms with E-state index in [1.54, 1.807) is 6.08 Å². The van der Waals surface area contributed by atoms with Gasteiger partial charge in [-0.15, -0.1) is 0 Å². The summed E-state index contributed by atoms with van der Waals surface area (Å²) in [5.74, 6) is 0.442. The molecule has 9 nitrogen and oxygen atoms in total. The number of carbonyl (C=O) groups excluding carboxylic acids is 2. The molecule has 0 saturated carbocycles. The van der Waals surface area contributed by atoms with Crippen LogP contribution in [0.5, 0.6) is 5.75 Å². The van der Waals surface area contributed by atoms with Gasteiger partial charge in [-0.05, 0) is 93.8 Å². The molecule has 0 heterocycles. The van der Waals surface area contributed by atoms with E-state index >= 15 is 0 Å². The molecule has 0 bridgehead atoms. The van der Waals surface area contributed by atoms with Gasteiger partial charge >= 0.3 is 20.9 Å². The van der Waals surface area contributed by atoms with Gasteiger partial charge in [0.25, 0.3) is 0 Å². The second-order valence-corrected chi connectivity index (χ2v) is 12.1. The van der Waals surface area contributed by atoms with Gasteiger partial charge in [-0.25, -0.2) is 9.59 Å². The number of nitrogens with one attached hydrogen (secondary N) is 1. The fourth-order valence-corrected chi connectivity index (χ4v) is 6.87. The minimum atomic E-state index is -2.68. The first-order valence-corrected chi connectivity index (χ1v) is 16.8. The Morgan fingerprint density at radius 2 is 1.48 bits per heavy atom. The van der Waals surface area contributed by atoms with E-state index in [-0.39, 0.29) is 5.97 Å². The Bertz CT molecular complexity index is 1060. The van der Waals surface area contributed by atoms with Gasteiger partial charge in [0.15, 0.2) is 0 Å². The summed E-state index contributed by atoms with van der Waals surface area (Å²) in [5, 5.41) is 2.79. The molecular formula is C32H47NO8Si. The van der Waals surface area contributed by atoms with Crippen molar-refractivity contribution < 1.29 is 37.1 Å². The highest BCUT2D eigenvalue weighted by Gasteiger charge is 2.39. The van der Waals surface area contributed by atoms with Crippen LogP contribution in [0.2, 0.25) is 6.04 Å². The Hall–Kier alpha value is -3.18. The van der Waals surface area contributed by atoms with Crippen LogP contribution in [0.15, 0.2) is 54.6 Å². The number of rotatable bonds is 21. The van der Waals surface area contributed by atoms with Gasteiger partial charge in [-0.1, -0.05) is 30.3 Å². The van der Waals surface area contributed by atoms with Crippen LogP contribution >= 0.6 is 0 Å². The first kappa shape index (κ1) is 35.0. The summed E-state index contributed by atoms with van der Waals surface area (Å²) in [5.41, 5.74) is 3.04. The van der Waals surface area contributed by atoms with Crippen LogP contribution in [0.3, 0.4) is 0 Å². The quantitative estimate of drug-likeness (QED) is 0.0735. The third kappa shape index (κ3) is 13.7. The van der Waals surface area contributed by atoms with Gasteiger partial charge in [0.1, 0.15) is 5.75 Å². The average Bonchev–Trinajstić information content (AvgIpc) is 3.00. The molecule has 0 aliphatic rings. The van der Waals surface area contributed by atoms with E-state index in [1.807, 2.05) is 69.3 Å². The Morgan fingerprint density at radius 1 is 0.810 bits per heavy atom. The lowest BCUT2D eigenvalue weighted by molar-refractivity contribution is -0.134. The number of hydrogen-bond acceptors (Lipinski definition) is 8. The zero-order valence-corrected chi connectivity index (χ0v) is 26.5. The molecule has 2 aromatic carbocycles. The summed E-state index contributed by atoms with van der Waals surface area (Å²) < 4.78 is 33.3. The van der Waals surface area contributed by atoms with Crippen LogP contribution in [-0.2, 0) is 27.5 Å². The number of ether oxygens (including phenoxy) is 3. The predicted octanol–water partition coefficient (Wildman–Crippen LogP) is 6.64. The average molecular weight is 602 g/mol. The Morgan fingerprint density at radius 3 is 2.12 bits per heavy atom. The van der Waals surface area contributed by atoms with Crippen LogP contribution in [0.25, 0.3) is 17.2 Å². The molecule has 0 radical (unpaired) electrons. The monoisotopic (exact) mass is 601 g/mol. The van der Waals surface area contributed by atoms with Crippen molar-refractivity contribution in [1.29, 1.82) is 0 Å². The number of esters is 1. The lowest BCUT2D eigenvalue weighted by atomic mass is 10.0. The largest absolute Gasteiger partial charge is 0.500 e. The normalized spacial score (nSPS) is 11.4. The van der Waals surface area contributed by atoms with Gasteiger partial charge in [-0.2, -0.15) is 0 Å². The van der Waals surface area contributed by atoms with Crippen LogP contribution < -0.4 is 10.1 Å². The summed E-state index contributed by atoms with van der Waals surface area (Å²) in [6, 6.07) is 16.6. The van der Waals surface area contributed by atoms with Crippen molar-refractivity contribution >= 4 is 26.9 Å². The molecule has 0 aliphatic heterocycles. The molecule has 0 atom stereocenters. The smallest absolute Gasteiger partial charge is 0.494 e. The van der Waals surface area contributed by atoms with E-state index in [1.165, 1.54) is 13.2 Å². The topological polar surface area (TPSA) is 102 Å². The van der Waals surface area contributed by atoms with E-state index in [0.29, 0.717) is 52.0 Å². The van der Waals surface area contributed by atoms with Gasteiger partial charge in [-0.3, -0.25) is 0 Å². The zero-order valence-electron chi connectivity index (χ0n) is 25.5. The van der Waals surface area contributed by atoms with Crippen LogP contribution in [0, 0.1) is 0 Å². The van der Waals surface area contributed by atoms with E-state index in [0.717, 1.165) is 48.1 Å². The number of alkyl carbamates (subject to hydrolysis) is 1. The molecule has 42 heavy (non-hydrogen) atoms. The number of benzene rings is 2. The SMILES string of the molecule is CCO[Si](CCCNC(=O)OCCCCCCOc1ccc(-c2cccc(C=CC(=O)OC)c2)cc1)(OCC)OCC. The van der Waals surface area contributed by atoms with E-state index in [2.05, 4.69) is 10.1 Å². The molecule has 232 valence electrons. The molecule has 0 aromatic heterocycles. The number of unbranched alkanes of at least 4 members (excludes halogenated alkanes) is 3. The lowest BCUT2D eigenvalue weighted by Crippen LogP contribution is -2.46. The molecule has 0 unspecified atom stereocenters.